The molecule has 0 spiro atoms. The van der Waals surface area contributed by atoms with E-state index in [4.69, 9.17) is 0 Å². The molecule has 0 radical (unpaired) electrons. The van der Waals surface area contributed by atoms with Crippen molar-refractivity contribution in [2.75, 3.05) is 0 Å². The molecule has 0 aliphatic carbocycles. The highest BCUT2D eigenvalue weighted by Gasteiger charge is 2.30. The highest BCUT2D eigenvalue weighted by Crippen LogP contribution is 2.54. The summed E-state index contributed by atoms with van der Waals surface area (Å²) in [6, 6.07) is 37.2. The molecule has 3 nitrogen and oxygen atoms in total. The Labute approximate surface area is 314 Å². The van der Waals surface area contributed by atoms with Crippen molar-refractivity contribution < 1.29 is 0 Å². The third kappa shape index (κ3) is 4.42. The van der Waals surface area contributed by atoms with E-state index in [1.54, 1.807) is 4.57 Å². The smallest absolute Gasteiger partial charge is 0.266 e. The van der Waals surface area contributed by atoms with Crippen molar-refractivity contribution in [2.45, 2.75) is 72.6 Å². The number of unbranched alkanes of at least 4 members (excludes halogenated alkanes) is 1. The molecule has 0 aliphatic heterocycles. The lowest BCUT2D eigenvalue weighted by Gasteiger charge is -2.15. The fourth-order valence-corrected chi connectivity index (χ4v) is 9.95. The molecule has 0 N–H and O–H groups in total. The number of para-hydroxylation sites is 1. The Morgan fingerprint density at radius 2 is 0.963 bits per heavy atom. The fourth-order valence-electron chi connectivity index (χ4n) is 9.95. The maximum absolute atomic E-state index is 15.4. The van der Waals surface area contributed by atoms with E-state index in [-0.39, 0.29) is 11.1 Å². The van der Waals surface area contributed by atoms with E-state index in [1.165, 1.54) is 49.0 Å². The summed E-state index contributed by atoms with van der Waals surface area (Å²) in [6.07, 6.45) is 6.66. The zero-order valence-corrected chi connectivity index (χ0v) is 31.5. The summed E-state index contributed by atoms with van der Waals surface area (Å²) in [6.45, 7) is 8.72. The van der Waals surface area contributed by atoms with Gasteiger partial charge in [0.2, 0.25) is 0 Å². The van der Waals surface area contributed by atoms with Gasteiger partial charge in [0, 0.05) is 0 Å². The van der Waals surface area contributed by atoms with Gasteiger partial charge in [-0.05, 0) is 143 Å². The van der Waals surface area contributed by atoms with Crippen LogP contribution in [0.4, 0.5) is 0 Å². The number of rotatable bonds is 10. The van der Waals surface area contributed by atoms with Crippen molar-refractivity contribution in [1.82, 2.24) is 4.57 Å². The molecule has 3 heteroatoms. The van der Waals surface area contributed by atoms with Gasteiger partial charge < -0.3 is 0 Å². The molecule has 0 bridgehead atoms. The quantitative estimate of drug-likeness (QED) is 0.133. The van der Waals surface area contributed by atoms with Crippen LogP contribution in [0.1, 0.15) is 68.7 Å². The Hall–Kier alpha value is -5.80. The number of aromatic nitrogens is 1. The van der Waals surface area contributed by atoms with Gasteiger partial charge >= 0.3 is 0 Å². The molecule has 0 fully saturated rings. The minimum Gasteiger partial charge on any atom is -0.268 e. The topological polar surface area (TPSA) is 39.1 Å². The summed E-state index contributed by atoms with van der Waals surface area (Å²) in [7, 11) is 0. The van der Waals surface area contributed by atoms with E-state index in [0.29, 0.717) is 10.8 Å². The number of aryl methyl sites for hydroxylation is 4. The summed E-state index contributed by atoms with van der Waals surface area (Å²) < 4.78 is 1.56. The molecule has 0 unspecified atom stereocenters. The Morgan fingerprint density at radius 3 is 1.54 bits per heavy atom. The molecular weight excluding hydrogens is 659 g/mol. The number of hydrogen-bond acceptors (Lipinski definition) is 2. The maximum atomic E-state index is 15.4. The van der Waals surface area contributed by atoms with Crippen LogP contribution in [0, 0.1) is 6.92 Å². The minimum absolute atomic E-state index is 0.206. The van der Waals surface area contributed by atoms with E-state index >= 15 is 9.59 Å². The van der Waals surface area contributed by atoms with Gasteiger partial charge in [-0.15, -0.1) is 0 Å². The minimum atomic E-state index is -0.207. The average molecular weight is 702 g/mol. The van der Waals surface area contributed by atoms with Gasteiger partial charge in [0.15, 0.2) is 0 Å². The number of nitrogens with zero attached hydrogens (tertiary/aromatic N) is 1. The Balaban J connectivity index is 1.47. The first-order chi connectivity index (χ1) is 26.5. The Morgan fingerprint density at radius 1 is 0.444 bits per heavy atom. The maximum Gasteiger partial charge on any atom is 0.266 e. The van der Waals surface area contributed by atoms with Crippen LogP contribution in [-0.4, -0.2) is 4.57 Å². The van der Waals surface area contributed by atoms with E-state index in [2.05, 4.69) is 131 Å². The normalized spacial score (nSPS) is 12.4. The summed E-state index contributed by atoms with van der Waals surface area (Å²) in [5.41, 5.74) is 9.58. The summed E-state index contributed by atoms with van der Waals surface area (Å²) in [5, 5.41) is 12.3. The number of fused-ring (bicyclic) bond motifs is 3. The predicted octanol–water partition coefficient (Wildman–Crippen LogP) is 12.8. The molecule has 54 heavy (non-hydrogen) atoms. The second-order valence-electron chi connectivity index (χ2n) is 15.5. The predicted molar refractivity (Wildman–Crippen MR) is 230 cm³/mol. The molecule has 1 aromatic heterocycles. The van der Waals surface area contributed by atoms with Crippen molar-refractivity contribution >= 4 is 64.6 Å². The third-order valence-corrected chi connectivity index (χ3v) is 12.3. The van der Waals surface area contributed by atoms with Crippen LogP contribution in [0.2, 0.25) is 0 Å². The van der Waals surface area contributed by atoms with Gasteiger partial charge in [-0.25, -0.2) is 4.57 Å². The van der Waals surface area contributed by atoms with E-state index in [0.717, 1.165) is 100.0 Å². The van der Waals surface area contributed by atoms with Crippen molar-refractivity contribution in [3.8, 4) is 27.9 Å². The molecule has 1 heterocycles. The first-order valence-electron chi connectivity index (χ1n) is 19.9. The first-order valence-corrected chi connectivity index (χ1v) is 19.9. The lowest BCUT2D eigenvalue weighted by molar-refractivity contribution is 0.796. The molecule has 9 aromatic carbocycles. The van der Waals surface area contributed by atoms with E-state index < -0.39 is 0 Å². The standard InChI is InChI=1S/C51H43NO2/c1-5-8-17-30-18-10-12-22-35(30)39-28-41-46-44-37(39)26-24-31-23-25-36-38(34-21-11-9-16-29(34)4)27-40(45(46)43(36)42(31)44)47-48(41)51(54)52(50(47)53)49-32(14-6-2)19-13-20-33(49)15-7-3/h9-13,16,18-28H,5-8,14-15,17H2,1-4H3. The van der Waals surface area contributed by atoms with E-state index in [9.17, 15) is 0 Å². The van der Waals surface area contributed by atoms with Crippen molar-refractivity contribution in [3.63, 3.8) is 0 Å². The van der Waals surface area contributed by atoms with Gasteiger partial charge in [0.25, 0.3) is 11.1 Å². The number of hydrogen-bond donors (Lipinski definition) is 0. The molecule has 0 saturated heterocycles. The third-order valence-electron chi connectivity index (χ3n) is 12.3. The monoisotopic (exact) mass is 701 g/mol. The van der Waals surface area contributed by atoms with Crippen LogP contribution in [0.15, 0.2) is 113 Å². The van der Waals surface area contributed by atoms with Crippen LogP contribution < -0.4 is 11.1 Å². The largest absolute Gasteiger partial charge is 0.268 e. The average Bonchev–Trinajstić information content (AvgIpc) is 3.68. The Bertz CT molecular complexity index is 3140. The molecule has 0 amide bonds. The van der Waals surface area contributed by atoms with Gasteiger partial charge in [0.05, 0.1) is 16.5 Å². The summed E-state index contributed by atoms with van der Waals surface area (Å²) in [4.78, 5) is 30.8. The zero-order chi connectivity index (χ0) is 36.8. The SMILES string of the molecule is CCCCc1ccccc1-c1cc2c3c(=O)n(-c4c(CCC)cccc4CCC)c(=O)c3c3cc(-c4ccccc4C)c4ccc5ccc1c1c5c4c3c21. The van der Waals surface area contributed by atoms with Crippen molar-refractivity contribution in [1.29, 1.82) is 0 Å². The molecule has 264 valence electrons. The second kappa shape index (κ2) is 12.4. The van der Waals surface area contributed by atoms with Crippen LogP contribution in [0.3, 0.4) is 0 Å². The van der Waals surface area contributed by atoms with Crippen molar-refractivity contribution in [2.24, 2.45) is 0 Å². The lowest BCUT2D eigenvalue weighted by atomic mass is 9.87. The van der Waals surface area contributed by atoms with Crippen LogP contribution in [0.5, 0.6) is 0 Å². The van der Waals surface area contributed by atoms with Gasteiger partial charge in [-0.1, -0.05) is 131 Å². The molecule has 10 aromatic rings. The van der Waals surface area contributed by atoms with Crippen molar-refractivity contribution in [3.05, 3.63) is 146 Å². The highest BCUT2D eigenvalue weighted by atomic mass is 16.2. The highest BCUT2D eigenvalue weighted by molar-refractivity contribution is 6.50. The Kier molecular flexibility index (Phi) is 7.53. The molecular formula is C51H43NO2. The van der Waals surface area contributed by atoms with Gasteiger partial charge in [-0.2, -0.15) is 0 Å². The lowest BCUT2D eigenvalue weighted by Crippen LogP contribution is -2.26. The molecule has 10 rings (SSSR count). The second-order valence-corrected chi connectivity index (χ2v) is 15.5. The van der Waals surface area contributed by atoms with Crippen LogP contribution in [-0.2, 0) is 19.3 Å². The fraction of sp³-hybridized carbons (Fsp3) is 0.216. The van der Waals surface area contributed by atoms with Gasteiger partial charge in [-0.3, -0.25) is 9.59 Å². The van der Waals surface area contributed by atoms with Crippen LogP contribution >= 0.6 is 0 Å². The number of benzene rings is 8. The zero-order valence-electron chi connectivity index (χ0n) is 31.5. The van der Waals surface area contributed by atoms with E-state index in [1.807, 2.05) is 0 Å². The first kappa shape index (κ1) is 32.8. The van der Waals surface area contributed by atoms with Crippen LogP contribution in [0.25, 0.3) is 92.6 Å². The molecule has 0 saturated carbocycles. The summed E-state index contributed by atoms with van der Waals surface area (Å²) >= 11 is 0. The molecule has 0 atom stereocenters. The van der Waals surface area contributed by atoms with Gasteiger partial charge in [0.1, 0.15) is 0 Å². The summed E-state index contributed by atoms with van der Waals surface area (Å²) in [5.74, 6) is 0. The molecule has 0 aliphatic rings.